The van der Waals surface area contributed by atoms with Gasteiger partial charge in [-0.1, -0.05) is 12.1 Å². The summed E-state index contributed by atoms with van der Waals surface area (Å²) in [5.74, 6) is -0.260. The highest BCUT2D eigenvalue weighted by Crippen LogP contribution is 2.19. The normalized spacial score (nSPS) is 9.08. The molecule has 3 heteroatoms. The van der Waals surface area contributed by atoms with Gasteiger partial charge in [-0.05, 0) is 6.07 Å². The van der Waals surface area contributed by atoms with Gasteiger partial charge < -0.3 is 4.74 Å². The van der Waals surface area contributed by atoms with Crippen LogP contribution in [0.5, 0.6) is 5.75 Å². The third kappa shape index (κ3) is 1.54. The van der Waals surface area contributed by atoms with Gasteiger partial charge in [-0.3, -0.25) is 0 Å². The van der Waals surface area contributed by atoms with Crippen LogP contribution in [0, 0.1) is 17.1 Å². The highest BCUT2D eigenvalue weighted by atomic mass is 19.1. The second-order valence-corrected chi connectivity index (χ2v) is 2.27. The van der Waals surface area contributed by atoms with E-state index in [0.29, 0.717) is 5.56 Å². The van der Waals surface area contributed by atoms with E-state index in [1.165, 1.54) is 13.2 Å². The standard InChI is InChI=1S/C9H8FNO/c1-12-8-4-2-3-7(5-6-11)9(8)10/h2-4H,5H2,1H3. The van der Waals surface area contributed by atoms with Crippen molar-refractivity contribution in [1.29, 1.82) is 5.26 Å². The first-order valence-corrected chi connectivity index (χ1v) is 3.48. The summed E-state index contributed by atoms with van der Waals surface area (Å²) in [6.07, 6.45) is 0.0725. The molecule has 1 aromatic rings. The lowest BCUT2D eigenvalue weighted by Crippen LogP contribution is -1.93. The molecular weight excluding hydrogens is 157 g/mol. The predicted octanol–water partition coefficient (Wildman–Crippen LogP) is 1.90. The number of halogens is 1. The first kappa shape index (κ1) is 8.54. The molecule has 0 aromatic heterocycles. The summed E-state index contributed by atoms with van der Waals surface area (Å²) in [6.45, 7) is 0. The van der Waals surface area contributed by atoms with Crippen LogP contribution in [-0.2, 0) is 6.42 Å². The molecule has 0 atom stereocenters. The molecule has 0 aliphatic heterocycles. The van der Waals surface area contributed by atoms with Crippen LogP contribution in [0.2, 0.25) is 0 Å². The molecule has 0 fully saturated rings. The van der Waals surface area contributed by atoms with Gasteiger partial charge in [-0.2, -0.15) is 5.26 Å². The molecule has 0 aliphatic carbocycles. The van der Waals surface area contributed by atoms with Crippen LogP contribution in [0.3, 0.4) is 0 Å². The van der Waals surface area contributed by atoms with Crippen LogP contribution < -0.4 is 4.74 Å². The highest BCUT2D eigenvalue weighted by molar-refractivity contribution is 5.32. The molecule has 0 aliphatic rings. The molecule has 0 N–H and O–H groups in total. The summed E-state index contributed by atoms with van der Waals surface area (Å²) >= 11 is 0. The number of benzene rings is 1. The number of methoxy groups -OCH3 is 1. The van der Waals surface area contributed by atoms with E-state index in [9.17, 15) is 4.39 Å². The van der Waals surface area contributed by atoms with Gasteiger partial charge in [0, 0.05) is 5.56 Å². The van der Waals surface area contributed by atoms with Crippen molar-refractivity contribution in [2.45, 2.75) is 6.42 Å². The molecule has 2 nitrogen and oxygen atoms in total. The average molecular weight is 165 g/mol. The Labute approximate surface area is 70.2 Å². The minimum absolute atomic E-state index is 0.0725. The smallest absolute Gasteiger partial charge is 0.169 e. The molecule has 0 saturated carbocycles. The second kappa shape index (κ2) is 3.72. The van der Waals surface area contributed by atoms with Crippen molar-refractivity contribution >= 4 is 0 Å². The molecule has 0 unspecified atom stereocenters. The van der Waals surface area contributed by atoms with Gasteiger partial charge in [-0.25, -0.2) is 4.39 Å². The Hall–Kier alpha value is -1.56. The third-order valence-corrected chi connectivity index (χ3v) is 1.53. The lowest BCUT2D eigenvalue weighted by molar-refractivity contribution is 0.384. The molecule has 0 saturated heterocycles. The summed E-state index contributed by atoms with van der Waals surface area (Å²) in [5, 5.41) is 8.35. The van der Waals surface area contributed by atoms with Gasteiger partial charge in [0.05, 0.1) is 19.6 Å². The van der Waals surface area contributed by atoms with Crippen LogP contribution in [0.4, 0.5) is 4.39 Å². The van der Waals surface area contributed by atoms with Gasteiger partial charge in [0.1, 0.15) is 0 Å². The number of nitrogens with zero attached hydrogens (tertiary/aromatic N) is 1. The molecule has 0 amide bonds. The van der Waals surface area contributed by atoms with E-state index >= 15 is 0 Å². The van der Waals surface area contributed by atoms with Gasteiger partial charge >= 0.3 is 0 Å². The van der Waals surface area contributed by atoms with Crippen LogP contribution in [0.25, 0.3) is 0 Å². The molecule has 0 bridgehead atoms. The number of rotatable bonds is 2. The maximum Gasteiger partial charge on any atom is 0.169 e. The van der Waals surface area contributed by atoms with Crippen LogP contribution in [-0.4, -0.2) is 7.11 Å². The van der Waals surface area contributed by atoms with Crippen LogP contribution in [0.1, 0.15) is 5.56 Å². The van der Waals surface area contributed by atoms with E-state index in [0.717, 1.165) is 0 Å². The Morgan fingerprint density at radius 3 is 2.92 bits per heavy atom. The Kier molecular flexibility index (Phi) is 2.65. The largest absolute Gasteiger partial charge is 0.494 e. The summed E-state index contributed by atoms with van der Waals surface area (Å²) < 4.78 is 17.9. The zero-order valence-electron chi connectivity index (χ0n) is 6.67. The second-order valence-electron chi connectivity index (χ2n) is 2.27. The van der Waals surface area contributed by atoms with E-state index in [-0.39, 0.29) is 12.2 Å². The van der Waals surface area contributed by atoms with Crippen molar-refractivity contribution in [3.05, 3.63) is 29.6 Å². The fraction of sp³-hybridized carbons (Fsp3) is 0.222. The number of hydrogen-bond donors (Lipinski definition) is 0. The van der Waals surface area contributed by atoms with Crippen molar-refractivity contribution < 1.29 is 9.13 Å². The van der Waals surface area contributed by atoms with Gasteiger partial charge in [0.25, 0.3) is 0 Å². The van der Waals surface area contributed by atoms with E-state index in [1.807, 2.05) is 6.07 Å². The Bertz CT molecular complexity index is 317. The third-order valence-electron chi connectivity index (χ3n) is 1.53. The zero-order chi connectivity index (χ0) is 8.97. The summed E-state index contributed by atoms with van der Waals surface area (Å²) in [4.78, 5) is 0. The first-order chi connectivity index (χ1) is 5.79. The number of hydrogen-bond acceptors (Lipinski definition) is 2. The molecule has 1 aromatic carbocycles. The van der Waals surface area contributed by atoms with Crippen molar-refractivity contribution in [3.8, 4) is 11.8 Å². The Morgan fingerprint density at radius 1 is 1.58 bits per heavy atom. The maximum atomic E-state index is 13.2. The van der Waals surface area contributed by atoms with Crippen molar-refractivity contribution in [2.75, 3.05) is 7.11 Å². The molecule has 62 valence electrons. The highest BCUT2D eigenvalue weighted by Gasteiger charge is 2.06. The lowest BCUT2D eigenvalue weighted by atomic mass is 10.1. The molecular formula is C9H8FNO. The Balaban J connectivity index is 3.07. The molecule has 0 spiro atoms. The van der Waals surface area contributed by atoms with Crippen molar-refractivity contribution in [2.24, 2.45) is 0 Å². The summed E-state index contributed by atoms with van der Waals surface area (Å²) in [6, 6.07) is 6.64. The first-order valence-electron chi connectivity index (χ1n) is 3.48. The van der Waals surface area contributed by atoms with Gasteiger partial charge in [-0.15, -0.1) is 0 Å². The average Bonchev–Trinajstić information content (AvgIpc) is 2.09. The van der Waals surface area contributed by atoms with E-state index in [1.54, 1.807) is 12.1 Å². The van der Waals surface area contributed by atoms with Crippen molar-refractivity contribution in [3.63, 3.8) is 0 Å². The molecule has 0 heterocycles. The van der Waals surface area contributed by atoms with E-state index in [4.69, 9.17) is 10.00 Å². The zero-order valence-corrected chi connectivity index (χ0v) is 6.67. The Morgan fingerprint density at radius 2 is 2.33 bits per heavy atom. The minimum atomic E-state index is -0.443. The number of ether oxygens (including phenoxy) is 1. The molecule has 1 rings (SSSR count). The van der Waals surface area contributed by atoms with Crippen LogP contribution >= 0.6 is 0 Å². The van der Waals surface area contributed by atoms with E-state index in [2.05, 4.69) is 0 Å². The van der Waals surface area contributed by atoms with Gasteiger partial charge in [0.2, 0.25) is 0 Å². The fourth-order valence-electron chi connectivity index (χ4n) is 0.936. The monoisotopic (exact) mass is 165 g/mol. The molecule has 12 heavy (non-hydrogen) atoms. The van der Waals surface area contributed by atoms with Crippen molar-refractivity contribution in [1.82, 2.24) is 0 Å². The lowest BCUT2D eigenvalue weighted by Gasteiger charge is -2.03. The fourth-order valence-corrected chi connectivity index (χ4v) is 0.936. The number of nitriles is 1. The van der Waals surface area contributed by atoms with Gasteiger partial charge in [0.15, 0.2) is 11.6 Å². The topological polar surface area (TPSA) is 33.0 Å². The predicted molar refractivity (Wildman–Crippen MR) is 42.3 cm³/mol. The quantitative estimate of drug-likeness (QED) is 0.670. The summed E-state index contributed by atoms with van der Waals surface area (Å²) in [5.41, 5.74) is 0.372. The molecule has 0 radical (unpaired) electrons. The summed E-state index contributed by atoms with van der Waals surface area (Å²) in [7, 11) is 1.40. The SMILES string of the molecule is COc1cccc(CC#N)c1F. The minimum Gasteiger partial charge on any atom is -0.494 e. The van der Waals surface area contributed by atoms with Crippen LogP contribution in [0.15, 0.2) is 18.2 Å². The maximum absolute atomic E-state index is 13.2. The van der Waals surface area contributed by atoms with E-state index < -0.39 is 5.82 Å².